The number of benzene rings is 4. The smallest absolute Gasteiger partial charge is 0.216 e. The van der Waals surface area contributed by atoms with E-state index in [2.05, 4.69) is 54.0 Å². The van der Waals surface area contributed by atoms with Crippen LogP contribution < -0.4 is 4.57 Å². The lowest BCUT2D eigenvalue weighted by molar-refractivity contribution is -0.660. The van der Waals surface area contributed by atoms with Crippen LogP contribution >= 0.6 is 11.8 Å². The Morgan fingerprint density at radius 2 is 1.40 bits per heavy atom. The minimum atomic E-state index is -0.280. The molecule has 0 spiro atoms. The average molecular weight is 477 g/mol. The molecule has 0 saturated heterocycles. The quantitative estimate of drug-likeness (QED) is 0.238. The van der Waals surface area contributed by atoms with Crippen LogP contribution in [0.2, 0.25) is 0 Å². The lowest BCUT2D eigenvalue weighted by Gasteiger charge is -2.06. The highest BCUT2D eigenvalue weighted by atomic mass is 32.2. The first kappa shape index (κ1) is 21.6. The van der Waals surface area contributed by atoms with E-state index in [4.69, 9.17) is 4.42 Å². The molecule has 6 aromatic rings. The standard InChI is InChI=1S/C31H23FNOS/c1-20-11-16-24-25-17-18-26(32)31(30(25)34-29(24)28(20)27-10-6-7-19-33(27)2)35-23-14-12-22(13-15-23)21-8-4-3-5-9-21/h3-19H,1-2H3/q+1. The maximum atomic E-state index is 15.2. The van der Waals surface area contributed by atoms with Crippen molar-refractivity contribution in [3.05, 3.63) is 115 Å². The highest BCUT2D eigenvalue weighted by molar-refractivity contribution is 7.99. The zero-order valence-corrected chi connectivity index (χ0v) is 20.3. The second-order valence-corrected chi connectivity index (χ2v) is 9.76. The molecule has 4 heteroatoms. The summed E-state index contributed by atoms with van der Waals surface area (Å²) in [4.78, 5) is 1.47. The molecule has 0 atom stereocenters. The van der Waals surface area contributed by atoms with Gasteiger partial charge in [-0.15, -0.1) is 0 Å². The zero-order chi connectivity index (χ0) is 23.9. The summed E-state index contributed by atoms with van der Waals surface area (Å²) >= 11 is 1.40. The second kappa shape index (κ2) is 8.71. The van der Waals surface area contributed by atoms with Crippen molar-refractivity contribution in [1.82, 2.24) is 0 Å². The minimum Gasteiger partial charge on any atom is -0.454 e. The summed E-state index contributed by atoms with van der Waals surface area (Å²) in [6, 6.07) is 32.1. The van der Waals surface area contributed by atoms with Crippen molar-refractivity contribution in [2.75, 3.05) is 0 Å². The monoisotopic (exact) mass is 476 g/mol. The van der Waals surface area contributed by atoms with Crippen LogP contribution in [0.1, 0.15) is 5.56 Å². The summed E-state index contributed by atoms with van der Waals surface area (Å²) in [5.74, 6) is -0.280. The van der Waals surface area contributed by atoms with Crippen molar-refractivity contribution in [1.29, 1.82) is 0 Å². The second-order valence-electron chi connectivity index (χ2n) is 8.68. The fraction of sp³-hybridized carbons (Fsp3) is 0.0645. The van der Waals surface area contributed by atoms with Crippen molar-refractivity contribution < 1.29 is 13.4 Å². The van der Waals surface area contributed by atoms with Gasteiger partial charge in [0.1, 0.15) is 18.4 Å². The van der Waals surface area contributed by atoms with Gasteiger partial charge in [-0.3, -0.25) is 0 Å². The highest BCUT2D eigenvalue weighted by Crippen LogP contribution is 2.43. The van der Waals surface area contributed by atoms with Crippen LogP contribution in [0.5, 0.6) is 0 Å². The predicted molar refractivity (Wildman–Crippen MR) is 141 cm³/mol. The van der Waals surface area contributed by atoms with Gasteiger partial charge < -0.3 is 4.42 Å². The minimum absolute atomic E-state index is 0.280. The predicted octanol–water partition coefficient (Wildman–Crippen LogP) is 8.34. The number of aromatic nitrogens is 1. The van der Waals surface area contributed by atoms with E-state index >= 15 is 4.39 Å². The number of furan rings is 1. The van der Waals surface area contributed by atoms with E-state index in [1.54, 1.807) is 6.07 Å². The van der Waals surface area contributed by atoms with E-state index < -0.39 is 0 Å². The van der Waals surface area contributed by atoms with Crippen molar-refractivity contribution in [3.63, 3.8) is 0 Å². The summed E-state index contributed by atoms with van der Waals surface area (Å²) < 4.78 is 23.7. The van der Waals surface area contributed by atoms with Gasteiger partial charge in [-0.2, -0.15) is 0 Å². The first-order valence-electron chi connectivity index (χ1n) is 11.5. The van der Waals surface area contributed by atoms with Gasteiger partial charge in [0.25, 0.3) is 0 Å². The topological polar surface area (TPSA) is 17.0 Å². The van der Waals surface area contributed by atoms with Gasteiger partial charge in [0, 0.05) is 27.8 Å². The first-order chi connectivity index (χ1) is 17.1. The number of pyridine rings is 1. The SMILES string of the molecule is Cc1ccc2c(oc3c(Sc4ccc(-c5ccccc5)cc4)c(F)ccc32)c1-c1cccc[n+]1C. The van der Waals surface area contributed by atoms with Gasteiger partial charge in [-0.05, 0) is 53.9 Å². The summed E-state index contributed by atoms with van der Waals surface area (Å²) in [6.45, 7) is 2.08. The Balaban J connectivity index is 1.48. The van der Waals surface area contributed by atoms with Crippen LogP contribution in [-0.4, -0.2) is 0 Å². The molecule has 0 aliphatic heterocycles. The molecule has 2 aromatic heterocycles. The molecule has 2 nitrogen and oxygen atoms in total. The molecule has 0 saturated carbocycles. The number of rotatable bonds is 4. The summed E-state index contributed by atoms with van der Waals surface area (Å²) in [7, 11) is 2.02. The van der Waals surface area contributed by atoms with Gasteiger partial charge in [-0.25, -0.2) is 8.96 Å². The Kier molecular flexibility index (Phi) is 5.39. The molecule has 0 aliphatic rings. The number of fused-ring (bicyclic) bond motifs is 3. The summed E-state index contributed by atoms with van der Waals surface area (Å²) in [5.41, 5.74) is 6.87. The van der Waals surface area contributed by atoms with E-state index in [1.807, 2.05) is 61.8 Å². The normalized spacial score (nSPS) is 11.4. The molecule has 170 valence electrons. The van der Waals surface area contributed by atoms with Crippen LogP contribution in [-0.2, 0) is 7.05 Å². The molecular formula is C31H23FNOS+. The Morgan fingerprint density at radius 1 is 0.714 bits per heavy atom. The Hall–Kier alpha value is -3.89. The molecule has 0 amide bonds. The molecule has 0 unspecified atom stereocenters. The van der Waals surface area contributed by atoms with Crippen molar-refractivity contribution in [2.45, 2.75) is 16.7 Å². The third kappa shape index (κ3) is 3.80. The lowest BCUT2D eigenvalue weighted by atomic mass is 10.0. The van der Waals surface area contributed by atoms with Crippen LogP contribution in [0.4, 0.5) is 4.39 Å². The van der Waals surface area contributed by atoms with Gasteiger partial charge >= 0.3 is 0 Å². The summed E-state index contributed by atoms with van der Waals surface area (Å²) in [6.07, 6.45) is 2.02. The Morgan fingerprint density at radius 3 is 2.17 bits per heavy atom. The fourth-order valence-corrected chi connectivity index (χ4v) is 5.53. The third-order valence-corrected chi connectivity index (χ3v) is 7.51. The number of hydrogen-bond donors (Lipinski definition) is 0. The highest BCUT2D eigenvalue weighted by Gasteiger charge is 2.22. The van der Waals surface area contributed by atoms with E-state index in [-0.39, 0.29) is 5.82 Å². The summed E-state index contributed by atoms with van der Waals surface area (Å²) in [5, 5.41) is 1.91. The zero-order valence-electron chi connectivity index (χ0n) is 19.5. The molecule has 2 heterocycles. The molecule has 4 aromatic carbocycles. The van der Waals surface area contributed by atoms with Crippen LogP contribution in [0.25, 0.3) is 44.3 Å². The fourth-order valence-electron chi connectivity index (χ4n) is 4.61. The molecule has 0 radical (unpaired) electrons. The number of hydrogen-bond acceptors (Lipinski definition) is 2. The first-order valence-corrected chi connectivity index (χ1v) is 12.3. The number of halogens is 1. The maximum Gasteiger partial charge on any atom is 0.216 e. The van der Waals surface area contributed by atoms with Crippen molar-refractivity contribution >= 4 is 33.7 Å². The molecule has 0 fully saturated rings. The van der Waals surface area contributed by atoms with Crippen molar-refractivity contribution in [3.8, 4) is 22.4 Å². The largest absolute Gasteiger partial charge is 0.454 e. The van der Waals surface area contributed by atoms with Crippen molar-refractivity contribution in [2.24, 2.45) is 7.05 Å². The number of aryl methyl sites for hydroxylation is 2. The Bertz CT molecular complexity index is 1690. The molecule has 35 heavy (non-hydrogen) atoms. The molecular weight excluding hydrogens is 453 g/mol. The molecule has 6 rings (SSSR count). The van der Waals surface area contributed by atoms with Gasteiger partial charge in [0.2, 0.25) is 5.69 Å². The maximum absolute atomic E-state index is 15.2. The third-order valence-electron chi connectivity index (χ3n) is 6.42. The molecule has 0 aliphatic carbocycles. The van der Waals surface area contributed by atoms with E-state index in [9.17, 15) is 0 Å². The molecule has 0 bridgehead atoms. The number of nitrogens with zero attached hydrogens (tertiary/aromatic N) is 1. The molecule has 0 N–H and O–H groups in total. The average Bonchev–Trinajstić information content (AvgIpc) is 3.26. The van der Waals surface area contributed by atoms with E-state index in [0.29, 0.717) is 10.5 Å². The van der Waals surface area contributed by atoms with Crippen LogP contribution in [0.3, 0.4) is 0 Å². The van der Waals surface area contributed by atoms with Gasteiger partial charge in [0.15, 0.2) is 11.8 Å². The van der Waals surface area contributed by atoms with Crippen LogP contribution in [0.15, 0.2) is 117 Å². The van der Waals surface area contributed by atoms with Gasteiger partial charge in [0.05, 0.1) is 10.5 Å². The lowest BCUT2D eigenvalue weighted by Crippen LogP contribution is -2.30. The van der Waals surface area contributed by atoms with E-state index in [1.165, 1.54) is 11.8 Å². The Labute approximate surface area is 207 Å². The van der Waals surface area contributed by atoms with Crippen LogP contribution in [0, 0.1) is 12.7 Å². The van der Waals surface area contributed by atoms with Gasteiger partial charge in [-0.1, -0.05) is 66.4 Å². The van der Waals surface area contributed by atoms with E-state index in [0.717, 1.165) is 49.2 Å².